The van der Waals surface area contributed by atoms with Crippen LogP contribution in [0.15, 0.2) is 18.2 Å². The van der Waals surface area contributed by atoms with E-state index < -0.39 is 11.7 Å². The molecule has 1 aromatic rings. The third kappa shape index (κ3) is 3.31. The molecule has 0 spiro atoms. The largest absolute Gasteiger partial charge is 0.416 e. The second kappa shape index (κ2) is 6.11. The van der Waals surface area contributed by atoms with Crippen LogP contribution in [-0.4, -0.2) is 12.7 Å². The normalized spacial score (nSPS) is 21.8. The molecule has 0 bridgehead atoms. The van der Waals surface area contributed by atoms with Crippen LogP contribution in [0.3, 0.4) is 0 Å². The average Bonchev–Trinajstić information content (AvgIpc) is 2.41. The Morgan fingerprint density at radius 1 is 1.35 bits per heavy atom. The number of halogens is 3. The second-order valence-corrected chi connectivity index (χ2v) is 5.12. The highest BCUT2D eigenvalue weighted by Crippen LogP contribution is 2.33. The smallest absolute Gasteiger partial charge is 0.376 e. The van der Waals surface area contributed by atoms with Gasteiger partial charge in [0, 0.05) is 6.61 Å². The Balaban J connectivity index is 2.26. The molecule has 0 amide bonds. The number of aryl methyl sites for hydroxylation is 1. The molecular weight excluding hydrogens is 269 g/mol. The number of benzene rings is 1. The lowest BCUT2D eigenvalue weighted by molar-refractivity contribution is -0.137. The molecule has 3 nitrogen and oxygen atoms in total. The lowest BCUT2D eigenvalue weighted by atomic mass is 9.92. The van der Waals surface area contributed by atoms with E-state index in [1.807, 2.05) is 0 Å². The van der Waals surface area contributed by atoms with Gasteiger partial charge in [-0.2, -0.15) is 13.2 Å². The van der Waals surface area contributed by atoms with E-state index in [9.17, 15) is 13.2 Å². The average molecular weight is 288 g/mol. The van der Waals surface area contributed by atoms with E-state index in [4.69, 9.17) is 10.6 Å². The summed E-state index contributed by atoms with van der Waals surface area (Å²) in [4.78, 5) is 0. The van der Waals surface area contributed by atoms with E-state index in [-0.39, 0.29) is 12.1 Å². The van der Waals surface area contributed by atoms with Gasteiger partial charge in [0.1, 0.15) is 0 Å². The molecule has 6 heteroatoms. The van der Waals surface area contributed by atoms with Gasteiger partial charge in [0.25, 0.3) is 0 Å². The van der Waals surface area contributed by atoms with Crippen molar-refractivity contribution in [2.75, 3.05) is 6.61 Å². The van der Waals surface area contributed by atoms with Crippen molar-refractivity contribution in [1.82, 2.24) is 5.43 Å². The first-order chi connectivity index (χ1) is 9.43. The van der Waals surface area contributed by atoms with E-state index in [2.05, 4.69) is 5.43 Å². The van der Waals surface area contributed by atoms with Crippen LogP contribution in [0, 0.1) is 6.92 Å². The maximum absolute atomic E-state index is 12.7. The molecule has 1 saturated heterocycles. The molecule has 20 heavy (non-hydrogen) atoms. The van der Waals surface area contributed by atoms with Gasteiger partial charge in [-0.05, 0) is 49.4 Å². The van der Waals surface area contributed by atoms with Crippen molar-refractivity contribution >= 4 is 0 Å². The van der Waals surface area contributed by atoms with Gasteiger partial charge < -0.3 is 4.74 Å². The SMILES string of the molecule is Cc1cc(C(F)(F)F)ccc1C(NN)C1CCCCO1. The summed E-state index contributed by atoms with van der Waals surface area (Å²) >= 11 is 0. The van der Waals surface area contributed by atoms with Crippen LogP contribution in [0.2, 0.25) is 0 Å². The van der Waals surface area contributed by atoms with Crippen LogP contribution < -0.4 is 11.3 Å². The summed E-state index contributed by atoms with van der Waals surface area (Å²) in [5, 5.41) is 0. The number of hydrogen-bond acceptors (Lipinski definition) is 3. The number of nitrogens with two attached hydrogens (primary N) is 1. The molecule has 0 aliphatic carbocycles. The highest BCUT2D eigenvalue weighted by atomic mass is 19.4. The molecule has 1 aliphatic heterocycles. The first-order valence-corrected chi connectivity index (χ1v) is 6.69. The van der Waals surface area contributed by atoms with Crippen molar-refractivity contribution in [3.8, 4) is 0 Å². The fraction of sp³-hybridized carbons (Fsp3) is 0.571. The van der Waals surface area contributed by atoms with Crippen molar-refractivity contribution in [2.24, 2.45) is 5.84 Å². The minimum Gasteiger partial charge on any atom is -0.376 e. The molecule has 112 valence electrons. The molecule has 0 saturated carbocycles. The molecule has 2 unspecified atom stereocenters. The maximum Gasteiger partial charge on any atom is 0.416 e. The lowest BCUT2D eigenvalue weighted by Crippen LogP contribution is -2.40. The summed E-state index contributed by atoms with van der Waals surface area (Å²) < 4.78 is 43.7. The van der Waals surface area contributed by atoms with Crippen molar-refractivity contribution < 1.29 is 17.9 Å². The molecule has 1 aliphatic rings. The van der Waals surface area contributed by atoms with Gasteiger partial charge in [0.2, 0.25) is 0 Å². The topological polar surface area (TPSA) is 47.3 Å². The van der Waals surface area contributed by atoms with Crippen LogP contribution >= 0.6 is 0 Å². The molecule has 0 aromatic heterocycles. The molecule has 1 heterocycles. The standard InChI is InChI=1S/C14H19F3N2O/c1-9-8-10(14(15,16)17)5-6-11(9)13(19-18)12-4-2-3-7-20-12/h5-6,8,12-13,19H,2-4,7,18H2,1H3. The van der Waals surface area contributed by atoms with Crippen molar-refractivity contribution in [1.29, 1.82) is 0 Å². The fourth-order valence-electron chi connectivity index (χ4n) is 2.63. The van der Waals surface area contributed by atoms with Crippen molar-refractivity contribution in [2.45, 2.75) is 44.5 Å². The van der Waals surface area contributed by atoms with Gasteiger partial charge in [0.15, 0.2) is 0 Å². The van der Waals surface area contributed by atoms with Gasteiger partial charge in [-0.1, -0.05) is 6.07 Å². The minimum absolute atomic E-state index is 0.0933. The van der Waals surface area contributed by atoms with Gasteiger partial charge in [-0.15, -0.1) is 0 Å². The van der Waals surface area contributed by atoms with E-state index in [1.165, 1.54) is 6.07 Å². The number of rotatable bonds is 3. The zero-order chi connectivity index (χ0) is 14.8. The Labute approximate surface area is 116 Å². The Hall–Kier alpha value is -1.11. The molecule has 1 fully saturated rings. The summed E-state index contributed by atoms with van der Waals surface area (Å²) in [5.41, 5.74) is 3.36. The summed E-state index contributed by atoms with van der Waals surface area (Å²) in [7, 11) is 0. The summed E-state index contributed by atoms with van der Waals surface area (Å²) in [6.45, 7) is 2.33. The molecule has 3 N–H and O–H groups in total. The van der Waals surface area contributed by atoms with Gasteiger partial charge in [-0.25, -0.2) is 0 Å². The monoisotopic (exact) mass is 288 g/mol. The lowest BCUT2D eigenvalue weighted by Gasteiger charge is -2.31. The molecule has 1 aromatic carbocycles. The fourth-order valence-corrected chi connectivity index (χ4v) is 2.63. The molecule has 2 atom stereocenters. The van der Waals surface area contributed by atoms with Gasteiger partial charge in [0.05, 0.1) is 17.7 Å². The van der Waals surface area contributed by atoms with Crippen LogP contribution in [-0.2, 0) is 10.9 Å². The zero-order valence-corrected chi connectivity index (χ0v) is 11.3. The Morgan fingerprint density at radius 3 is 2.60 bits per heavy atom. The Bertz CT molecular complexity index is 456. The predicted molar refractivity (Wildman–Crippen MR) is 69.8 cm³/mol. The van der Waals surface area contributed by atoms with Crippen molar-refractivity contribution in [3.05, 3.63) is 34.9 Å². The number of alkyl halides is 3. The van der Waals surface area contributed by atoms with E-state index >= 15 is 0 Å². The summed E-state index contributed by atoms with van der Waals surface area (Å²) in [6, 6.07) is 3.45. The molecule has 2 rings (SSSR count). The Kier molecular flexibility index (Phi) is 4.67. The van der Waals surface area contributed by atoms with E-state index in [0.29, 0.717) is 12.2 Å². The van der Waals surface area contributed by atoms with E-state index in [0.717, 1.165) is 37.0 Å². The van der Waals surface area contributed by atoms with Crippen LogP contribution in [0.25, 0.3) is 0 Å². The van der Waals surface area contributed by atoms with Crippen LogP contribution in [0.4, 0.5) is 13.2 Å². The van der Waals surface area contributed by atoms with Crippen molar-refractivity contribution in [3.63, 3.8) is 0 Å². The first-order valence-electron chi connectivity index (χ1n) is 6.69. The second-order valence-electron chi connectivity index (χ2n) is 5.12. The maximum atomic E-state index is 12.7. The van der Waals surface area contributed by atoms with Gasteiger partial charge in [-0.3, -0.25) is 11.3 Å². The number of hydrogen-bond donors (Lipinski definition) is 2. The number of ether oxygens (including phenoxy) is 1. The third-order valence-corrected chi connectivity index (χ3v) is 3.70. The first kappa shape index (κ1) is 15.3. The zero-order valence-electron chi connectivity index (χ0n) is 11.3. The quantitative estimate of drug-likeness (QED) is 0.663. The third-order valence-electron chi connectivity index (χ3n) is 3.70. The minimum atomic E-state index is -4.32. The predicted octanol–water partition coefficient (Wildman–Crippen LogP) is 3.09. The highest BCUT2D eigenvalue weighted by Gasteiger charge is 2.32. The van der Waals surface area contributed by atoms with Crippen LogP contribution in [0.1, 0.15) is 42.0 Å². The highest BCUT2D eigenvalue weighted by molar-refractivity contribution is 5.35. The number of nitrogens with one attached hydrogen (secondary N) is 1. The van der Waals surface area contributed by atoms with E-state index in [1.54, 1.807) is 6.92 Å². The van der Waals surface area contributed by atoms with Gasteiger partial charge >= 0.3 is 6.18 Å². The molecular formula is C14H19F3N2O. The summed E-state index contributed by atoms with van der Waals surface area (Å²) in [5.74, 6) is 5.58. The summed E-state index contributed by atoms with van der Waals surface area (Å²) in [6.07, 6.45) is -1.50. The van der Waals surface area contributed by atoms with Crippen LogP contribution in [0.5, 0.6) is 0 Å². The molecule has 0 radical (unpaired) electrons. The Morgan fingerprint density at radius 2 is 2.10 bits per heavy atom. The number of hydrazine groups is 1.